The van der Waals surface area contributed by atoms with Crippen molar-refractivity contribution in [2.24, 2.45) is 11.7 Å². The van der Waals surface area contributed by atoms with Crippen LogP contribution in [0.5, 0.6) is 0 Å². The van der Waals surface area contributed by atoms with Gasteiger partial charge in [0.25, 0.3) is 0 Å². The van der Waals surface area contributed by atoms with Gasteiger partial charge in [-0.2, -0.15) is 0 Å². The second-order valence-electron chi connectivity index (χ2n) is 3.54. The van der Waals surface area contributed by atoms with Gasteiger partial charge in [-0.15, -0.1) is 0 Å². The Morgan fingerprint density at radius 2 is 2.17 bits per heavy atom. The van der Waals surface area contributed by atoms with E-state index in [1.165, 1.54) is 25.7 Å². The van der Waals surface area contributed by atoms with Crippen molar-refractivity contribution in [3.05, 3.63) is 0 Å². The van der Waals surface area contributed by atoms with Crippen LogP contribution < -0.4 is 5.73 Å². The highest BCUT2D eigenvalue weighted by Gasteiger charge is 2.16. The average Bonchev–Trinajstić information content (AvgIpc) is 2.51. The first-order chi connectivity index (χ1) is 5.70. The minimum absolute atomic E-state index is 0.223. The molecule has 0 aromatic rings. The Balaban J connectivity index is 2.11. The van der Waals surface area contributed by atoms with E-state index in [0.29, 0.717) is 17.7 Å². The molecule has 3 heteroatoms. The summed E-state index contributed by atoms with van der Waals surface area (Å²) in [6, 6.07) is 0. The molecule has 1 fully saturated rings. The molecular weight excluding hydrogens is 170 g/mol. The highest BCUT2D eigenvalue weighted by Crippen LogP contribution is 2.21. The van der Waals surface area contributed by atoms with Crippen LogP contribution in [0.3, 0.4) is 0 Å². The molecule has 0 aromatic carbocycles. The second kappa shape index (κ2) is 4.77. The molecule has 70 valence electrons. The second-order valence-corrected chi connectivity index (χ2v) is 4.01. The zero-order chi connectivity index (χ0) is 8.97. The standard InChI is InChI=1S/C9H17NOS/c1-7(9(10)12)6-11-8-4-2-3-5-8/h7-8H,2-6H2,1H3,(H2,10,12). The Labute approximate surface area is 79.5 Å². The van der Waals surface area contributed by atoms with E-state index in [0.717, 1.165) is 0 Å². The molecule has 2 nitrogen and oxygen atoms in total. The van der Waals surface area contributed by atoms with Gasteiger partial charge in [-0.3, -0.25) is 0 Å². The third kappa shape index (κ3) is 3.07. The van der Waals surface area contributed by atoms with Crippen LogP contribution in [-0.4, -0.2) is 17.7 Å². The maximum Gasteiger partial charge on any atom is 0.0779 e. The van der Waals surface area contributed by atoms with Gasteiger partial charge in [0.2, 0.25) is 0 Å². The van der Waals surface area contributed by atoms with Gasteiger partial charge in [-0.25, -0.2) is 0 Å². The molecule has 0 radical (unpaired) electrons. The van der Waals surface area contributed by atoms with Crippen LogP contribution in [0.4, 0.5) is 0 Å². The highest BCUT2D eigenvalue weighted by atomic mass is 32.1. The molecule has 0 aromatic heterocycles. The summed E-state index contributed by atoms with van der Waals surface area (Å²) in [6.07, 6.45) is 5.52. The molecule has 1 saturated carbocycles. The van der Waals surface area contributed by atoms with Gasteiger partial charge in [0, 0.05) is 5.92 Å². The zero-order valence-corrected chi connectivity index (χ0v) is 8.40. The molecule has 0 heterocycles. The van der Waals surface area contributed by atoms with E-state index in [1.54, 1.807) is 0 Å². The third-order valence-electron chi connectivity index (χ3n) is 2.37. The van der Waals surface area contributed by atoms with Crippen molar-refractivity contribution >= 4 is 17.2 Å². The first-order valence-electron chi connectivity index (χ1n) is 4.61. The van der Waals surface area contributed by atoms with Gasteiger partial charge in [0.15, 0.2) is 0 Å². The molecule has 1 unspecified atom stereocenters. The number of thiocarbonyl (C=S) groups is 1. The molecule has 2 N–H and O–H groups in total. The Hall–Kier alpha value is -0.150. The van der Waals surface area contributed by atoms with E-state index in [-0.39, 0.29) is 5.92 Å². The van der Waals surface area contributed by atoms with E-state index in [4.69, 9.17) is 22.7 Å². The molecule has 0 saturated heterocycles. The number of rotatable bonds is 4. The van der Waals surface area contributed by atoms with Gasteiger partial charge < -0.3 is 10.5 Å². The summed E-state index contributed by atoms with van der Waals surface area (Å²) >= 11 is 4.86. The fourth-order valence-electron chi connectivity index (χ4n) is 1.42. The molecule has 1 aliphatic carbocycles. The zero-order valence-electron chi connectivity index (χ0n) is 7.58. The van der Waals surface area contributed by atoms with Crippen molar-refractivity contribution in [3.63, 3.8) is 0 Å². The van der Waals surface area contributed by atoms with Crippen LogP contribution in [0.1, 0.15) is 32.6 Å². The van der Waals surface area contributed by atoms with Crippen LogP contribution in [0.2, 0.25) is 0 Å². The van der Waals surface area contributed by atoms with E-state index >= 15 is 0 Å². The lowest BCUT2D eigenvalue weighted by Crippen LogP contribution is -2.24. The van der Waals surface area contributed by atoms with E-state index in [2.05, 4.69) is 0 Å². The number of hydrogen-bond donors (Lipinski definition) is 1. The Bertz CT molecular complexity index is 155. The fraction of sp³-hybridized carbons (Fsp3) is 0.889. The lowest BCUT2D eigenvalue weighted by Gasteiger charge is -2.14. The topological polar surface area (TPSA) is 35.2 Å². The van der Waals surface area contributed by atoms with Gasteiger partial charge in [0.05, 0.1) is 17.7 Å². The van der Waals surface area contributed by atoms with Crippen molar-refractivity contribution < 1.29 is 4.74 Å². The SMILES string of the molecule is CC(COC1CCCC1)C(N)=S. The molecule has 12 heavy (non-hydrogen) atoms. The first-order valence-corrected chi connectivity index (χ1v) is 5.02. The van der Waals surface area contributed by atoms with E-state index in [9.17, 15) is 0 Å². The molecular formula is C9H17NOS. The summed E-state index contributed by atoms with van der Waals surface area (Å²) in [5.74, 6) is 0.223. The Morgan fingerprint density at radius 1 is 1.58 bits per heavy atom. The van der Waals surface area contributed by atoms with Crippen LogP contribution in [-0.2, 0) is 4.74 Å². The maximum atomic E-state index is 5.66. The first kappa shape index (κ1) is 9.93. The van der Waals surface area contributed by atoms with E-state index in [1.807, 2.05) is 6.92 Å². The smallest absolute Gasteiger partial charge is 0.0779 e. The summed E-state index contributed by atoms with van der Waals surface area (Å²) in [5.41, 5.74) is 5.47. The summed E-state index contributed by atoms with van der Waals surface area (Å²) in [5, 5.41) is 0. The lowest BCUT2D eigenvalue weighted by atomic mass is 10.2. The predicted molar refractivity (Wildman–Crippen MR) is 54.2 cm³/mol. The predicted octanol–water partition coefficient (Wildman–Crippen LogP) is 1.87. The number of ether oxygens (including phenoxy) is 1. The molecule has 1 rings (SSSR count). The monoisotopic (exact) mass is 187 g/mol. The molecule has 0 amide bonds. The number of nitrogens with two attached hydrogens (primary N) is 1. The van der Waals surface area contributed by atoms with Gasteiger partial charge >= 0.3 is 0 Å². The summed E-state index contributed by atoms with van der Waals surface area (Å²) < 4.78 is 5.66. The van der Waals surface area contributed by atoms with Crippen LogP contribution in [0.25, 0.3) is 0 Å². The normalized spacial score (nSPS) is 21.1. The van der Waals surface area contributed by atoms with Gasteiger partial charge in [-0.05, 0) is 12.8 Å². The van der Waals surface area contributed by atoms with Crippen molar-refractivity contribution in [1.29, 1.82) is 0 Å². The Kier molecular flexibility index (Phi) is 3.95. The van der Waals surface area contributed by atoms with Crippen LogP contribution in [0.15, 0.2) is 0 Å². The summed E-state index contributed by atoms with van der Waals surface area (Å²) in [7, 11) is 0. The average molecular weight is 187 g/mol. The third-order valence-corrected chi connectivity index (χ3v) is 2.77. The van der Waals surface area contributed by atoms with Gasteiger partial charge in [0.1, 0.15) is 0 Å². The van der Waals surface area contributed by atoms with Crippen LogP contribution >= 0.6 is 12.2 Å². The van der Waals surface area contributed by atoms with Crippen molar-refractivity contribution in [1.82, 2.24) is 0 Å². The summed E-state index contributed by atoms with van der Waals surface area (Å²) in [4.78, 5) is 0.563. The van der Waals surface area contributed by atoms with E-state index < -0.39 is 0 Å². The fourth-order valence-corrected chi connectivity index (χ4v) is 1.49. The number of hydrogen-bond acceptors (Lipinski definition) is 2. The van der Waals surface area contributed by atoms with Gasteiger partial charge in [-0.1, -0.05) is 32.0 Å². The lowest BCUT2D eigenvalue weighted by molar-refractivity contribution is 0.0489. The summed E-state index contributed by atoms with van der Waals surface area (Å²) in [6.45, 7) is 2.71. The maximum absolute atomic E-state index is 5.66. The molecule has 0 bridgehead atoms. The van der Waals surface area contributed by atoms with Crippen molar-refractivity contribution in [2.45, 2.75) is 38.7 Å². The minimum atomic E-state index is 0.223. The molecule has 0 aliphatic heterocycles. The molecule has 0 spiro atoms. The van der Waals surface area contributed by atoms with Crippen LogP contribution in [0, 0.1) is 5.92 Å². The quantitative estimate of drug-likeness (QED) is 0.682. The largest absolute Gasteiger partial charge is 0.393 e. The highest BCUT2D eigenvalue weighted by molar-refractivity contribution is 7.80. The molecule has 1 atom stereocenters. The van der Waals surface area contributed by atoms with Crippen molar-refractivity contribution in [2.75, 3.05) is 6.61 Å². The molecule has 1 aliphatic rings. The van der Waals surface area contributed by atoms with Crippen molar-refractivity contribution in [3.8, 4) is 0 Å². The minimum Gasteiger partial charge on any atom is -0.393 e. The Morgan fingerprint density at radius 3 is 2.67 bits per heavy atom.